The Morgan fingerprint density at radius 2 is 2.12 bits per heavy atom. The number of aryl methyl sites for hydroxylation is 1. The molecule has 2 rings (SSSR count). The van der Waals surface area contributed by atoms with Gasteiger partial charge in [-0.2, -0.15) is 0 Å². The van der Waals surface area contributed by atoms with Crippen LogP contribution in [0.15, 0.2) is 6.07 Å². The average Bonchev–Trinajstić information content (AvgIpc) is 3.07. The predicted molar refractivity (Wildman–Crippen MR) is 70.9 cm³/mol. The zero-order valence-corrected chi connectivity index (χ0v) is 10.8. The topological polar surface area (TPSA) is 63.8 Å². The molecule has 0 unspecified atom stereocenters. The molecule has 1 fully saturated rings. The number of aromatic nitrogens is 2. The molecule has 1 saturated carbocycles. The Morgan fingerprint density at radius 1 is 1.35 bits per heavy atom. The highest BCUT2D eigenvalue weighted by Gasteiger charge is 2.41. The fraction of sp³-hybridized carbons (Fsp3) is 0.692. The fourth-order valence-electron chi connectivity index (χ4n) is 2.27. The van der Waals surface area contributed by atoms with Crippen LogP contribution < -0.4 is 11.1 Å². The lowest BCUT2D eigenvalue weighted by atomic mass is 10.0. The van der Waals surface area contributed by atoms with Crippen LogP contribution in [0.2, 0.25) is 0 Å². The first-order chi connectivity index (χ1) is 8.17. The highest BCUT2D eigenvalue weighted by molar-refractivity contribution is 5.45. The van der Waals surface area contributed by atoms with E-state index in [1.807, 2.05) is 13.0 Å². The van der Waals surface area contributed by atoms with Gasteiger partial charge in [0, 0.05) is 19.0 Å². The number of nitrogens with zero attached hydrogens (tertiary/aromatic N) is 2. The van der Waals surface area contributed by atoms with E-state index in [9.17, 15) is 0 Å². The summed E-state index contributed by atoms with van der Waals surface area (Å²) in [5.74, 6) is 2.24. The second-order valence-corrected chi connectivity index (χ2v) is 5.05. The summed E-state index contributed by atoms with van der Waals surface area (Å²) in [6, 6.07) is 1.82. The summed E-state index contributed by atoms with van der Waals surface area (Å²) in [6.45, 7) is 5.30. The van der Waals surface area contributed by atoms with Crippen molar-refractivity contribution in [1.29, 1.82) is 0 Å². The Kier molecular flexibility index (Phi) is 3.50. The molecule has 1 aromatic heterocycles. The molecule has 0 saturated heterocycles. The van der Waals surface area contributed by atoms with Gasteiger partial charge in [-0.05, 0) is 24.7 Å². The Balaban J connectivity index is 1.97. The fourth-order valence-corrected chi connectivity index (χ4v) is 2.27. The molecule has 4 heteroatoms. The van der Waals surface area contributed by atoms with Gasteiger partial charge in [0.25, 0.3) is 0 Å². The van der Waals surface area contributed by atoms with E-state index in [0.717, 1.165) is 24.6 Å². The largest absolute Gasteiger partial charge is 0.384 e. The van der Waals surface area contributed by atoms with E-state index >= 15 is 0 Å². The third-order valence-electron chi connectivity index (χ3n) is 3.49. The van der Waals surface area contributed by atoms with Gasteiger partial charge in [-0.3, -0.25) is 0 Å². The van der Waals surface area contributed by atoms with Crippen LogP contribution >= 0.6 is 0 Å². The van der Waals surface area contributed by atoms with Gasteiger partial charge in [-0.25, -0.2) is 9.97 Å². The van der Waals surface area contributed by atoms with Gasteiger partial charge in [-0.15, -0.1) is 0 Å². The van der Waals surface area contributed by atoms with Gasteiger partial charge in [-0.1, -0.05) is 20.3 Å². The second-order valence-electron chi connectivity index (χ2n) is 5.05. The first kappa shape index (κ1) is 12.1. The van der Waals surface area contributed by atoms with Crippen LogP contribution in [0.3, 0.4) is 0 Å². The monoisotopic (exact) mass is 234 g/mol. The van der Waals surface area contributed by atoms with E-state index in [-0.39, 0.29) is 0 Å². The Bertz CT molecular complexity index is 385. The van der Waals surface area contributed by atoms with E-state index in [1.54, 1.807) is 0 Å². The second kappa shape index (κ2) is 4.90. The van der Waals surface area contributed by atoms with Crippen molar-refractivity contribution in [2.45, 2.75) is 46.0 Å². The van der Waals surface area contributed by atoms with Crippen molar-refractivity contribution >= 4 is 11.6 Å². The lowest BCUT2D eigenvalue weighted by Crippen LogP contribution is -2.16. The van der Waals surface area contributed by atoms with Gasteiger partial charge in [0.1, 0.15) is 17.5 Å². The minimum atomic E-state index is 0.529. The lowest BCUT2D eigenvalue weighted by Gasteiger charge is -2.15. The van der Waals surface area contributed by atoms with Crippen molar-refractivity contribution in [1.82, 2.24) is 9.97 Å². The summed E-state index contributed by atoms with van der Waals surface area (Å²) >= 11 is 0. The van der Waals surface area contributed by atoms with Crippen molar-refractivity contribution in [3.05, 3.63) is 11.9 Å². The van der Waals surface area contributed by atoms with E-state index in [0.29, 0.717) is 11.2 Å². The maximum atomic E-state index is 5.76. The standard InChI is InChI=1S/C13H22N4/c1-3-5-13(6-7-13)9-15-12-8-10(14)16-11(4-2)17-12/h8H,3-7,9H2,1-2H3,(H3,14,15,16,17). The van der Waals surface area contributed by atoms with Crippen LogP contribution in [0.1, 0.15) is 45.4 Å². The molecule has 94 valence electrons. The van der Waals surface area contributed by atoms with Gasteiger partial charge < -0.3 is 11.1 Å². The Labute approximate surface area is 103 Å². The number of nitrogens with two attached hydrogens (primary N) is 1. The van der Waals surface area contributed by atoms with E-state index in [2.05, 4.69) is 22.2 Å². The molecule has 0 aromatic carbocycles. The average molecular weight is 234 g/mol. The highest BCUT2D eigenvalue weighted by Crippen LogP contribution is 2.49. The van der Waals surface area contributed by atoms with Gasteiger partial charge in [0.15, 0.2) is 0 Å². The Morgan fingerprint density at radius 3 is 2.71 bits per heavy atom. The summed E-state index contributed by atoms with van der Waals surface area (Å²) < 4.78 is 0. The van der Waals surface area contributed by atoms with Crippen molar-refractivity contribution in [2.75, 3.05) is 17.6 Å². The van der Waals surface area contributed by atoms with Gasteiger partial charge in [0.2, 0.25) is 0 Å². The van der Waals surface area contributed by atoms with Gasteiger partial charge >= 0.3 is 0 Å². The Hall–Kier alpha value is -1.32. The molecule has 0 atom stereocenters. The third-order valence-corrected chi connectivity index (χ3v) is 3.49. The quantitative estimate of drug-likeness (QED) is 0.794. The summed E-state index contributed by atoms with van der Waals surface area (Å²) in [6.07, 6.45) is 6.07. The molecule has 1 aromatic rings. The molecule has 0 amide bonds. The number of hydrogen-bond acceptors (Lipinski definition) is 4. The zero-order valence-electron chi connectivity index (χ0n) is 10.8. The summed E-state index contributed by atoms with van der Waals surface area (Å²) in [5.41, 5.74) is 6.29. The first-order valence-electron chi connectivity index (χ1n) is 6.55. The molecule has 4 nitrogen and oxygen atoms in total. The number of rotatable bonds is 6. The maximum absolute atomic E-state index is 5.76. The molecular formula is C13H22N4. The molecule has 0 radical (unpaired) electrons. The molecule has 3 N–H and O–H groups in total. The first-order valence-corrected chi connectivity index (χ1v) is 6.55. The third kappa shape index (κ3) is 3.08. The van der Waals surface area contributed by atoms with E-state index < -0.39 is 0 Å². The SMILES string of the molecule is CCCC1(CNc2cc(N)nc(CC)n2)CC1. The van der Waals surface area contributed by atoms with Crippen LogP contribution in [-0.2, 0) is 6.42 Å². The van der Waals surface area contributed by atoms with Gasteiger partial charge in [0.05, 0.1) is 0 Å². The lowest BCUT2D eigenvalue weighted by molar-refractivity contribution is 0.485. The summed E-state index contributed by atoms with van der Waals surface area (Å²) in [7, 11) is 0. The number of nitrogen functional groups attached to an aromatic ring is 1. The van der Waals surface area contributed by atoms with Crippen molar-refractivity contribution in [3.8, 4) is 0 Å². The minimum absolute atomic E-state index is 0.529. The normalized spacial score (nSPS) is 16.8. The molecule has 0 aliphatic heterocycles. The molecule has 1 heterocycles. The van der Waals surface area contributed by atoms with Crippen LogP contribution in [0, 0.1) is 5.41 Å². The smallest absolute Gasteiger partial charge is 0.132 e. The van der Waals surface area contributed by atoms with Crippen molar-refractivity contribution < 1.29 is 0 Å². The maximum Gasteiger partial charge on any atom is 0.132 e. The van der Waals surface area contributed by atoms with Crippen molar-refractivity contribution in [2.24, 2.45) is 5.41 Å². The van der Waals surface area contributed by atoms with Crippen LogP contribution in [0.4, 0.5) is 11.6 Å². The zero-order chi connectivity index (χ0) is 12.3. The molecule has 0 spiro atoms. The van der Waals surface area contributed by atoms with Crippen LogP contribution in [0.5, 0.6) is 0 Å². The van der Waals surface area contributed by atoms with E-state index in [4.69, 9.17) is 5.73 Å². The summed E-state index contributed by atoms with van der Waals surface area (Å²) in [5, 5.41) is 3.42. The predicted octanol–water partition coefficient (Wildman–Crippen LogP) is 2.61. The van der Waals surface area contributed by atoms with Crippen molar-refractivity contribution in [3.63, 3.8) is 0 Å². The number of nitrogens with one attached hydrogen (secondary N) is 1. The molecular weight excluding hydrogens is 212 g/mol. The molecule has 0 bridgehead atoms. The summed E-state index contributed by atoms with van der Waals surface area (Å²) in [4.78, 5) is 8.62. The van der Waals surface area contributed by atoms with E-state index in [1.165, 1.54) is 25.7 Å². The molecule has 17 heavy (non-hydrogen) atoms. The molecule has 1 aliphatic carbocycles. The molecule has 1 aliphatic rings. The van der Waals surface area contributed by atoms with Crippen LogP contribution in [-0.4, -0.2) is 16.5 Å². The number of hydrogen-bond donors (Lipinski definition) is 2. The number of anilines is 2. The highest BCUT2D eigenvalue weighted by atomic mass is 15.1. The van der Waals surface area contributed by atoms with Crippen LogP contribution in [0.25, 0.3) is 0 Å². The minimum Gasteiger partial charge on any atom is -0.384 e.